The van der Waals surface area contributed by atoms with Crippen LogP contribution in [-0.2, 0) is 19.6 Å². The van der Waals surface area contributed by atoms with Gasteiger partial charge in [-0.25, -0.2) is 4.79 Å². The average Bonchev–Trinajstić information content (AvgIpc) is 2.91. The van der Waals surface area contributed by atoms with E-state index in [4.69, 9.17) is 19.0 Å². The summed E-state index contributed by atoms with van der Waals surface area (Å²) >= 11 is 0. The summed E-state index contributed by atoms with van der Waals surface area (Å²) in [6.45, 7) is 3.73. The number of amides is 1. The van der Waals surface area contributed by atoms with Crippen molar-refractivity contribution < 1.29 is 65.8 Å². The molecule has 2 aromatic carbocycles. The molecule has 0 spiro atoms. The standard InChI is InChI=1S/C15H16O9.C11H13F3N2O3S/c16-5-10-12(19)13(20)14(21)15(24-10)23-9-3-6-1-2-11(18)22-8(6)4-7(9)17;1-6-4-7(2)10(5-9(6)15-8(3)17)16-20(18,19)11(12,13)14/h1-4,10,12-17,19-21H,5H2;4-5,16H,1-3H3,(H,15,17)/t10-,12-,13+,14-,15-;/m1./s1. The molecule has 1 aliphatic rings. The summed E-state index contributed by atoms with van der Waals surface area (Å²) in [5, 5.41) is 51.4. The maximum Gasteiger partial charge on any atom is 0.516 e. The SMILES string of the molecule is CC(=O)Nc1cc(NS(=O)(=O)C(F)(F)F)c(C)cc1C.O=c1ccc2cc(O[C@@H]3O[C@H](CO)[C@@H](O)[C@H](O)[C@H]3O)c(O)cc2o1. The monoisotopic (exact) mass is 650 g/mol. The van der Waals surface area contributed by atoms with Crippen molar-refractivity contribution in [2.75, 3.05) is 16.6 Å². The number of aromatic hydroxyl groups is 1. The molecule has 14 nitrogen and oxygen atoms in total. The van der Waals surface area contributed by atoms with Gasteiger partial charge in [0.25, 0.3) is 0 Å². The molecule has 1 amide bonds. The number of halogens is 3. The Labute approximate surface area is 247 Å². The van der Waals surface area contributed by atoms with Crippen molar-refractivity contribution in [1.29, 1.82) is 0 Å². The molecule has 0 bridgehead atoms. The summed E-state index contributed by atoms with van der Waals surface area (Å²) in [6.07, 6.45) is -7.27. The van der Waals surface area contributed by atoms with Crippen LogP contribution < -0.4 is 20.4 Å². The van der Waals surface area contributed by atoms with Crippen LogP contribution in [0.25, 0.3) is 11.0 Å². The minimum Gasteiger partial charge on any atom is -0.504 e. The van der Waals surface area contributed by atoms with E-state index in [1.807, 2.05) is 0 Å². The fourth-order valence-electron chi connectivity index (χ4n) is 3.96. The molecule has 0 aliphatic carbocycles. The maximum atomic E-state index is 12.3. The van der Waals surface area contributed by atoms with Gasteiger partial charge in [-0.1, -0.05) is 6.07 Å². The molecule has 18 heteroatoms. The maximum absolute atomic E-state index is 12.3. The Bertz CT molecular complexity index is 1680. The lowest BCUT2D eigenvalue weighted by Crippen LogP contribution is -2.60. The van der Waals surface area contributed by atoms with Crippen molar-refractivity contribution >= 4 is 38.3 Å². The summed E-state index contributed by atoms with van der Waals surface area (Å²) in [5.74, 6) is -0.893. The fourth-order valence-corrected chi connectivity index (χ4v) is 4.58. The number of nitrogens with one attached hydrogen (secondary N) is 2. The molecule has 0 radical (unpaired) electrons. The number of aliphatic hydroxyl groups is 4. The molecule has 7 N–H and O–H groups in total. The molecular weight excluding hydrogens is 621 g/mol. The van der Waals surface area contributed by atoms with Gasteiger partial charge < -0.3 is 44.7 Å². The highest BCUT2D eigenvalue weighted by atomic mass is 32.2. The molecule has 3 aromatic rings. The van der Waals surface area contributed by atoms with E-state index in [-0.39, 0.29) is 28.5 Å². The Morgan fingerprint density at radius 1 is 1.00 bits per heavy atom. The first kappa shape index (κ1) is 34.5. The van der Waals surface area contributed by atoms with Crippen LogP contribution in [0, 0.1) is 13.8 Å². The molecule has 4 rings (SSSR count). The number of carbonyl (C=O) groups excluding carboxylic acids is 1. The van der Waals surface area contributed by atoms with E-state index in [9.17, 15) is 51.6 Å². The van der Waals surface area contributed by atoms with Crippen molar-refractivity contribution in [2.24, 2.45) is 0 Å². The van der Waals surface area contributed by atoms with Crippen molar-refractivity contribution in [3.63, 3.8) is 0 Å². The highest BCUT2D eigenvalue weighted by Gasteiger charge is 2.46. The predicted molar refractivity (Wildman–Crippen MR) is 147 cm³/mol. The molecule has 1 aliphatic heterocycles. The Morgan fingerprint density at radius 3 is 2.23 bits per heavy atom. The zero-order chi connectivity index (χ0) is 33.1. The highest BCUT2D eigenvalue weighted by molar-refractivity contribution is 7.93. The topological polar surface area (TPSA) is 225 Å². The fraction of sp³-hybridized carbons (Fsp3) is 0.385. The first-order valence-electron chi connectivity index (χ1n) is 12.6. The summed E-state index contributed by atoms with van der Waals surface area (Å²) in [7, 11) is -5.49. The third kappa shape index (κ3) is 7.96. The van der Waals surface area contributed by atoms with Crippen LogP contribution in [0.5, 0.6) is 11.5 Å². The van der Waals surface area contributed by atoms with E-state index in [0.29, 0.717) is 16.5 Å². The third-order valence-corrected chi connectivity index (χ3v) is 7.32. The van der Waals surface area contributed by atoms with Gasteiger partial charge in [0.1, 0.15) is 30.0 Å². The molecule has 242 valence electrons. The van der Waals surface area contributed by atoms with E-state index in [1.165, 1.54) is 42.8 Å². The number of benzene rings is 2. The number of ether oxygens (including phenoxy) is 2. The lowest BCUT2D eigenvalue weighted by atomic mass is 9.99. The molecule has 5 atom stereocenters. The number of carbonyl (C=O) groups is 1. The van der Waals surface area contributed by atoms with E-state index in [1.54, 1.807) is 6.92 Å². The van der Waals surface area contributed by atoms with Gasteiger partial charge >= 0.3 is 21.2 Å². The average molecular weight is 651 g/mol. The van der Waals surface area contributed by atoms with Crippen molar-refractivity contribution in [3.8, 4) is 11.5 Å². The number of phenols is 1. The molecule has 1 fully saturated rings. The minimum atomic E-state index is -5.49. The number of aryl methyl sites for hydroxylation is 2. The highest BCUT2D eigenvalue weighted by Crippen LogP contribution is 2.34. The van der Waals surface area contributed by atoms with Crippen molar-refractivity contribution in [3.05, 3.63) is 57.9 Å². The van der Waals surface area contributed by atoms with Crippen LogP contribution in [0.4, 0.5) is 24.5 Å². The van der Waals surface area contributed by atoms with Crippen LogP contribution in [0.3, 0.4) is 0 Å². The second-order valence-corrected chi connectivity index (χ2v) is 11.3. The molecular formula is C26H29F3N2O12S. The van der Waals surface area contributed by atoms with E-state index >= 15 is 0 Å². The number of hydrogen-bond donors (Lipinski definition) is 7. The Morgan fingerprint density at radius 2 is 1.64 bits per heavy atom. The molecule has 2 heterocycles. The zero-order valence-corrected chi connectivity index (χ0v) is 24.0. The van der Waals surface area contributed by atoms with Gasteiger partial charge in [0, 0.05) is 30.1 Å². The van der Waals surface area contributed by atoms with Crippen LogP contribution in [0.15, 0.2) is 45.6 Å². The number of sulfonamides is 1. The molecule has 0 saturated carbocycles. The number of rotatable bonds is 6. The predicted octanol–water partition coefficient (Wildman–Crippen LogP) is 1.20. The van der Waals surface area contributed by atoms with Crippen LogP contribution in [0.1, 0.15) is 18.1 Å². The van der Waals surface area contributed by atoms with Crippen LogP contribution >= 0.6 is 0 Å². The summed E-state index contributed by atoms with van der Waals surface area (Å²) in [4.78, 5) is 22.1. The van der Waals surface area contributed by atoms with Crippen LogP contribution in [0.2, 0.25) is 0 Å². The van der Waals surface area contributed by atoms with Gasteiger partial charge in [-0.3, -0.25) is 9.52 Å². The smallest absolute Gasteiger partial charge is 0.504 e. The van der Waals surface area contributed by atoms with E-state index in [2.05, 4.69) is 5.32 Å². The number of aliphatic hydroxyl groups excluding tert-OH is 4. The first-order chi connectivity index (χ1) is 20.3. The zero-order valence-electron chi connectivity index (χ0n) is 23.2. The Kier molecular flexibility index (Phi) is 10.5. The summed E-state index contributed by atoms with van der Waals surface area (Å²) in [5.41, 5.74) is -4.93. The van der Waals surface area contributed by atoms with Crippen molar-refractivity contribution in [1.82, 2.24) is 0 Å². The summed E-state index contributed by atoms with van der Waals surface area (Å²) in [6, 6.07) is 7.79. The van der Waals surface area contributed by atoms with Crippen molar-refractivity contribution in [2.45, 2.75) is 57.0 Å². The number of phenolic OH excluding ortho intramolecular Hbond substituents is 1. The lowest BCUT2D eigenvalue weighted by molar-refractivity contribution is -0.277. The second-order valence-electron chi connectivity index (χ2n) is 9.64. The van der Waals surface area contributed by atoms with Gasteiger partial charge in [-0.2, -0.15) is 21.6 Å². The number of hydrogen-bond acceptors (Lipinski definition) is 12. The summed E-state index contributed by atoms with van der Waals surface area (Å²) < 4.78 is 76.0. The Hall–Kier alpha value is -3.94. The number of alkyl halides is 3. The van der Waals surface area contributed by atoms with E-state index < -0.39 is 64.4 Å². The minimum absolute atomic E-state index is 0.0966. The lowest BCUT2D eigenvalue weighted by Gasteiger charge is -2.39. The number of anilines is 2. The first-order valence-corrected chi connectivity index (χ1v) is 14.0. The molecule has 1 saturated heterocycles. The molecule has 0 unspecified atom stereocenters. The third-order valence-electron chi connectivity index (χ3n) is 6.22. The van der Waals surface area contributed by atoms with Gasteiger partial charge in [-0.15, -0.1) is 0 Å². The second kappa shape index (κ2) is 13.4. The van der Waals surface area contributed by atoms with Gasteiger partial charge in [0.2, 0.25) is 12.2 Å². The van der Waals surface area contributed by atoms with E-state index in [0.717, 1.165) is 12.1 Å². The number of fused-ring (bicyclic) bond motifs is 1. The Balaban J connectivity index is 0.000000245. The van der Waals surface area contributed by atoms with Gasteiger partial charge in [-0.05, 0) is 43.2 Å². The quantitative estimate of drug-likeness (QED) is 0.187. The largest absolute Gasteiger partial charge is 0.516 e. The van der Waals surface area contributed by atoms with Crippen LogP contribution in [-0.4, -0.2) is 82.7 Å². The molecule has 44 heavy (non-hydrogen) atoms. The van der Waals surface area contributed by atoms with Gasteiger partial charge in [0.05, 0.1) is 12.3 Å². The normalized spacial score (nSPS) is 22.1. The molecule has 1 aromatic heterocycles. The van der Waals surface area contributed by atoms with Gasteiger partial charge in [0.15, 0.2) is 11.5 Å².